The number of carbonyl (C=O) groups is 1. The van der Waals surface area contributed by atoms with Gasteiger partial charge in [-0.1, -0.05) is 6.07 Å². The topological polar surface area (TPSA) is 80.4 Å². The molecule has 0 saturated heterocycles. The molecule has 88 valence electrons. The molecule has 0 unspecified atom stereocenters. The van der Waals surface area contributed by atoms with E-state index in [0.717, 1.165) is 14.8 Å². The van der Waals surface area contributed by atoms with E-state index in [2.05, 4.69) is 15.5 Å². The Labute approximate surface area is 106 Å². The molecule has 0 radical (unpaired) electrons. The first-order valence-electron chi connectivity index (χ1n) is 4.76. The van der Waals surface area contributed by atoms with E-state index >= 15 is 0 Å². The van der Waals surface area contributed by atoms with Crippen molar-refractivity contribution in [3.05, 3.63) is 28.6 Å². The molecule has 7 heteroatoms. The van der Waals surface area contributed by atoms with Gasteiger partial charge in [0.05, 0.1) is 15.5 Å². The molecule has 0 aromatic carbocycles. The molecule has 2 aromatic rings. The van der Waals surface area contributed by atoms with E-state index in [1.807, 2.05) is 17.5 Å². The highest BCUT2D eigenvalue weighted by molar-refractivity contribution is 7.22. The van der Waals surface area contributed by atoms with Crippen LogP contribution in [0.25, 0.3) is 9.88 Å². The van der Waals surface area contributed by atoms with Gasteiger partial charge in [-0.15, -0.1) is 22.7 Å². The second-order valence-corrected chi connectivity index (χ2v) is 5.16. The van der Waals surface area contributed by atoms with Gasteiger partial charge in [0.25, 0.3) is 0 Å². The Bertz CT molecular complexity index is 544. The Morgan fingerprint density at radius 3 is 3.06 bits per heavy atom. The molecule has 0 atom stereocenters. The van der Waals surface area contributed by atoms with Crippen molar-refractivity contribution in [1.82, 2.24) is 10.4 Å². The fourth-order valence-corrected chi connectivity index (χ4v) is 2.81. The number of rotatable bonds is 3. The van der Waals surface area contributed by atoms with Crippen molar-refractivity contribution in [2.24, 2.45) is 10.8 Å². The van der Waals surface area contributed by atoms with Gasteiger partial charge in [-0.05, 0) is 18.4 Å². The van der Waals surface area contributed by atoms with E-state index < -0.39 is 6.03 Å². The van der Waals surface area contributed by atoms with Crippen LogP contribution >= 0.6 is 22.7 Å². The number of nitrogens with one attached hydrogen (secondary N) is 1. The van der Waals surface area contributed by atoms with Crippen LogP contribution in [0.15, 0.2) is 28.8 Å². The minimum Gasteiger partial charge on any atom is -0.350 e. The first-order chi connectivity index (χ1) is 8.16. The Morgan fingerprint density at radius 1 is 1.59 bits per heavy atom. The van der Waals surface area contributed by atoms with Crippen LogP contribution in [0, 0.1) is 0 Å². The highest BCUT2D eigenvalue weighted by Gasteiger charge is 2.07. The average molecular weight is 266 g/mol. The number of nitrogens with two attached hydrogens (primary N) is 1. The van der Waals surface area contributed by atoms with Crippen LogP contribution in [0.4, 0.5) is 4.79 Å². The maximum absolute atomic E-state index is 10.5. The monoisotopic (exact) mass is 266 g/mol. The zero-order valence-electron chi connectivity index (χ0n) is 9.01. The maximum atomic E-state index is 10.5. The number of thiophene rings is 1. The molecule has 2 rings (SSSR count). The summed E-state index contributed by atoms with van der Waals surface area (Å²) in [5.41, 5.74) is 7.81. The predicted molar refractivity (Wildman–Crippen MR) is 70.4 cm³/mol. The summed E-state index contributed by atoms with van der Waals surface area (Å²) in [6, 6.07) is 3.32. The zero-order chi connectivity index (χ0) is 12.3. The van der Waals surface area contributed by atoms with Crippen molar-refractivity contribution in [3.63, 3.8) is 0 Å². The fourth-order valence-electron chi connectivity index (χ4n) is 1.15. The number of carbonyl (C=O) groups excluding carboxylic acids is 1. The molecular weight excluding hydrogens is 256 g/mol. The molecule has 2 heterocycles. The van der Waals surface area contributed by atoms with Gasteiger partial charge >= 0.3 is 6.03 Å². The largest absolute Gasteiger partial charge is 0.350 e. The third-order valence-electron chi connectivity index (χ3n) is 1.93. The van der Waals surface area contributed by atoms with Crippen LogP contribution in [0.5, 0.6) is 0 Å². The molecule has 0 spiro atoms. The number of primary amides is 1. The first-order valence-corrected chi connectivity index (χ1v) is 6.46. The lowest BCUT2D eigenvalue weighted by molar-refractivity contribution is 0.249. The second kappa shape index (κ2) is 5.07. The van der Waals surface area contributed by atoms with Crippen LogP contribution < -0.4 is 11.2 Å². The Kier molecular flexibility index (Phi) is 3.50. The van der Waals surface area contributed by atoms with E-state index in [0.29, 0.717) is 5.71 Å². The minimum absolute atomic E-state index is 0.674. The molecule has 2 aromatic heterocycles. The van der Waals surface area contributed by atoms with Crippen LogP contribution in [0.1, 0.15) is 11.8 Å². The molecule has 0 aliphatic heterocycles. The summed E-state index contributed by atoms with van der Waals surface area (Å²) in [5, 5.41) is 6.81. The van der Waals surface area contributed by atoms with Crippen LogP contribution in [0.3, 0.4) is 0 Å². The Balaban J connectivity index is 2.18. The smallest absolute Gasteiger partial charge is 0.332 e. The average Bonchev–Trinajstić information content (AvgIpc) is 2.94. The van der Waals surface area contributed by atoms with Crippen LogP contribution in [-0.4, -0.2) is 16.7 Å². The quantitative estimate of drug-likeness (QED) is 0.660. The summed E-state index contributed by atoms with van der Waals surface area (Å²) < 4.78 is 0. The van der Waals surface area contributed by atoms with Crippen LogP contribution in [0.2, 0.25) is 0 Å². The van der Waals surface area contributed by atoms with Crippen LogP contribution in [-0.2, 0) is 0 Å². The molecule has 3 N–H and O–H groups in total. The summed E-state index contributed by atoms with van der Waals surface area (Å²) in [5.74, 6) is 0. The number of aromatic nitrogens is 1. The van der Waals surface area contributed by atoms with Crippen molar-refractivity contribution >= 4 is 34.4 Å². The number of thiazole rings is 1. The van der Waals surface area contributed by atoms with Crippen molar-refractivity contribution < 1.29 is 4.79 Å². The Hall–Kier alpha value is -1.73. The number of amides is 2. The fraction of sp³-hybridized carbons (Fsp3) is 0.100. The highest BCUT2D eigenvalue weighted by atomic mass is 32.1. The highest BCUT2D eigenvalue weighted by Crippen LogP contribution is 2.28. The zero-order valence-corrected chi connectivity index (χ0v) is 10.6. The standard InChI is InChI=1S/C10H10N4OS2/c1-6(13-14-10(11)15)8-5-12-9(17-8)7-3-2-4-16-7/h2-5H,1H3,(H3,11,14,15)/b13-6-. The molecular formula is C10H10N4OS2. The molecule has 0 fully saturated rings. The molecule has 0 saturated carbocycles. The van der Waals surface area contributed by atoms with E-state index in [-0.39, 0.29) is 0 Å². The number of hydrogen-bond acceptors (Lipinski definition) is 5. The maximum Gasteiger partial charge on any atom is 0.332 e. The molecule has 0 aliphatic carbocycles. The van der Waals surface area contributed by atoms with Gasteiger partial charge in [0.1, 0.15) is 5.01 Å². The van der Waals surface area contributed by atoms with Crippen molar-refractivity contribution in [2.45, 2.75) is 6.92 Å². The van der Waals surface area contributed by atoms with Gasteiger partial charge in [0.15, 0.2) is 0 Å². The van der Waals surface area contributed by atoms with E-state index in [4.69, 9.17) is 5.73 Å². The number of urea groups is 1. The molecule has 5 nitrogen and oxygen atoms in total. The van der Waals surface area contributed by atoms with Crippen molar-refractivity contribution in [2.75, 3.05) is 0 Å². The minimum atomic E-state index is -0.674. The molecule has 0 bridgehead atoms. The molecule has 17 heavy (non-hydrogen) atoms. The first kappa shape index (κ1) is 11.7. The third-order valence-corrected chi connectivity index (χ3v) is 4.07. The predicted octanol–water partition coefficient (Wildman–Crippen LogP) is 2.26. The molecule has 2 amide bonds. The molecule has 0 aliphatic rings. The summed E-state index contributed by atoms with van der Waals surface area (Å²) in [4.78, 5) is 16.9. The van der Waals surface area contributed by atoms with Gasteiger partial charge in [-0.3, -0.25) is 0 Å². The van der Waals surface area contributed by atoms with Gasteiger partial charge in [0, 0.05) is 6.20 Å². The summed E-state index contributed by atoms with van der Waals surface area (Å²) in [6.07, 6.45) is 1.74. The van der Waals surface area contributed by atoms with Gasteiger partial charge < -0.3 is 5.73 Å². The summed E-state index contributed by atoms with van der Waals surface area (Å²) in [6.45, 7) is 1.79. The number of hydrogen-bond donors (Lipinski definition) is 2. The third kappa shape index (κ3) is 2.89. The van der Waals surface area contributed by atoms with Crippen molar-refractivity contribution in [1.29, 1.82) is 0 Å². The van der Waals surface area contributed by atoms with Crippen molar-refractivity contribution in [3.8, 4) is 9.88 Å². The lowest BCUT2D eigenvalue weighted by Crippen LogP contribution is -2.25. The summed E-state index contributed by atoms with van der Waals surface area (Å²) >= 11 is 3.16. The lowest BCUT2D eigenvalue weighted by atomic mass is 10.4. The lowest BCUT2D eigenvalue weighted by Gasteiger charge is -1.95. The van der Waals surface area contributed by atoms with Gasteiger partial charge in [-0.25, -0.2) is 15.2 Å². The van der Waals surface area contributed by atoms with E-state index in [1.54, 1.807) is 24.5 Å². The van der Waals surface area contributed by atoms with Gasteiger partial charge in [0.2, 0.25) is 0 Å². The normalized spacial score (nSPS) is 11.5. The summed E-state index contributed by atoms with van der Waals surface area (Å²) in [7, 11) is 0. The number of nitrogens with zero attached hydrogens (tertiary/aromatic N) is 2. The van der Waals surface area contributed by atoms with E-state index in [1.165, 1.54) is 11.3 Å². The van der Waals surface area contributed by atoms with Gasteiger partial charge in [-0.2, -0.15) is 5.10 Å². The van der Waals surface area contributed by atoms with E-state index in [9.17, 15) is 4.79 Å². The number of hydrazone groups is 1. The Morgan fingerprint density at radius 2 is 2.41 bits per heavy atom. The second-order valence-electron chi connectivity index (χ2n) is 3.18. The SMILES string of the molecule is C/C(=N/NC(N)=O)c1cnc(-c2cccs2)s1.